The third-order valence-corrected chi connectivity index (χ3v) is 5.07. The van der Waals surface area contributed by atoms with Crippen molar-refractivity contribution in [3.63, 3.8) is 0 Å². The maximum absolute atomic E-state index is 13.0. The molecule has 2 amide bonds. The van der Waals surface area contributed by atoms with Crippen LogP contribution in [0.25, 0.3) is 0 Å². The molecule has 1 atom stereocenters. The van der Waals surface area contributed by atoms with Gasteiger partial charge in [0.25, 0.3) is 5.91 Å². The van der Waals surface area contributed by atoms with Crippen molar-refractivity contribution >= 4 is 23.4 Å². The summed E-state index contributed by atoms with van der Waals surface area (Å²) in [6, 6.07) is 12.6. The number of hydrogen-bond donors (Lipinski definition) is 1. The van der Waals surface area contributed by atoms with Gasteiger partial charge in [-0.25, -0.2) is 0 Å². The molecule has 5 nitrogen and oxygen atoms in total. The predicted octanol–water partition coefficient (Wildman–Crippen LogP) is 4.28. The Morgan fingerprint density at radius 1 is 1.17 bits per heavy atom. The van der Waals surface area contributed by atoms with Gasteiger partial charge >= 0.3 is 0 Å². The first kappa shape index (κ1) is 22.8. The zero-order valence-corrected chi connectivity index (χ0v) is 18.3. The molecule has 2 rings (SSSR count). The highest BCUT2D eigenvalue weighted by molar-refractivity contribution is 6.31. The highest BCUT2D eigenvalue weighted by atomic mass is 35.5. The van der Waals surface area contributed by atoms with Crippen LogP contribution in [-0.2, 0) is 16.1 Å². The molecule has 0 radical (unpaired) electrons. The molecule has 0 saturated heterocycles. The van der Waals surface area contributed by atoms with Crippen LogP contribution in [0, 0.1) is 13.8 Å². The standard InChI is InChI=1S/C23H29ClN2O3/c1-5-11-25-23(28)18(4)26(14-19-8-6-7-16(2)12-19)22(27)15-29-20-9-10-21(24)17(3)13-20/h6-10,12-13,18H,5,11,14-15H2,1-4H3,(H,25,28)/t18-/m1/s1. The first-order valence-corrected chi connectivity index (χ1v) is 10.2. The Bertz CT molecular complexity index is 854. The molecule has 0 aliphatic rings. The smallest absolute Gasteiger partial charge is 0.261 e. The second-order valence-electron chi connectivity index (χ2n) is 7.18. The molecule has 2 aromatic carbocycles. The molecule has 29 heavy (non-hydrogen) atoms. The van der Waals surface area contributed by atoms with Crippen LogP contribution in [-0.4, -0.2) is 35.9 Å². The lowest BCUT2D eigenvalue weighted by Crippen LogP contribution is -2.49. The fourth-order valence-electron chi connectivity index (χ4n) is 2.92. The molecule has 0 heterocycles. The van der Waals surface area contributed by atoms with E-state index in [9.17, 15) is 9.59 Å². The summed E-state index contributed by atoms with van der Waals surface area (Å²) in [6.45, 7) is 8.37. The molecule has 0 unspecified atom stereocenters. The third-order valence-electron chi connectivity index (χ3n) is 4.64. The van der Waals surface area contributed by atoms with Gasteiger partial charge in [-0.3, -0.25) is 9.59 Å². The second kappa shape index (κ2) is 10.9. The molecule has 1 N–H and O–H groups in total. The van der Waals surface area contributed by atoms with Gasteiger partial charge < -0.3 is 15.0 Å². The number of carbonyl (C=O) groups is 2. The Balaban J connectivity index is 2.14. The maximum Gasteiger partial charge on any atom is 0.261 e. The predicted molar refractivity (Wildman–Crippen MR) is 116 cm³/mol. The minimum atomic E-state index is -0.606. The summed E-state index contributed by atoms with van der Waals surface area (Å²) in [6.07, 6.45) is 0.837. The summed E-state index contributed by atoms with van der Waals surface area (Å²) in [5.41, 5.74) is 2.95. The Hall–Kier alpha value is -2.53. The summed E-state index contributed by atoms with van der Waals surface area (Å²) in [5.74, 6) is 0.146. The second-order valence-corrected chi connectivity index (χ2v) is 7.58. The van der Waals surface area contributed by atoms with E-state index in [2.05, 4.69) is 5.32 Å². The van der Waals surface area contributed by atoms with Gasteiger partial charge in [-0.05, 0) is 56.5 Å². The molecule has 0 bridgehead atoms. The Kier molecular flexibility index (Phi) is 8.52. The van der Waals surface area contributed by atoms with Crippen molar-refractivity contribution in [2.24, 2.45) is 0 Å². The highest BCUT2D eigenvalue weighted by Gasteiger charge is 2.26. The van der Waals surface area contributed by atoms with E-state index in [0.717, 1.165) is 23.1 Å². The lowest BCUT2D eigenvalue weighted by Gasteiger charge is -2.29. The van der Waals surface area contributed by atoms with Crippen LogP contribution < -0.4 is 10.1 Å². The van der Waals surface area contributed by atoms with Gasteiger partial charge in [0.05, 0.1) is 0 Å². The van der Waals surface area contributed by atoms with Gasteiger partial charge in [0.1, 0.15) is 11.8 Å². The van der Waals surface area contributed by atoms with Gasteiger partial charge in [0.15, 0.2) is 6.61 Å². The van der Waals surface area contributed by atoms with E-state index in [-0.39, 0.29) is 18.4 Å². The van der Waals surface area contributed by atoms with Gasteiger partial charge in [0, 0.05) is 18.1 Å². The average Bonchev–Trinajstić information content (AvgIpc) is 2.70. The number of carbonyl (C=O) groups excluding carboxylic acids is 2. The van der Waals surface area contributed by atoms with Crippen molar-refractivity contribution in [1.82, 2.24) is 10.2 Å². The van der Waals surface area contributed by atoms with E-state index < -0.39 is 6.04 Å². The molecule has 0 fully saturated rings. The van der Waals surface area contributed by atoms with E-state index in [1.54, 1.807) is 30.0 Å². The number of ether oxygens (including phenoxy) is 1. The van der Waals surface area contributed by atoms with Crippen molar-refractivity contribution in [2.45, 2.75) is 46.7 Å². The average molecular weight is 417 g/mol. The lowest BCUT2D eigenvalue weighted by molar-refractivity contribution is -0.142. The molecule has 0 aliphatic heterocycles. The minimum Gasteiger partial charge on any atom is -0.484 e. The normalized spacial score (nSPS) is 11.6. The maximum atomic E-state index is 13.0. The van der Waals surface area contributed by atoms with E-state index >= 15 is 0 Å². The number of nitrogens with zero attached hydrogens (tertiary/aromatic N) is 1. The summed E-state index contributed by atoms with van der Waals surface area (Å²) >= 11 is 6.04. The lowest BCUT2D eigenvalue weighted by atomic mass is 10.1. The largest absolute Gasteiger partial charge is 0.484 e. The first-order chi connectivity index (χ1) is 13.8. The molecule has 0 aromatic heterocycles. The van der Waals surface area contributed by atoms with Crippen LogP contribution in [0.4, 0.5) is 0 Å². The van der Waals surface area contributed by atoms with Crippen LogP contribution in [0.2, 0.25) is 5.02 Å². The zero-order valence-electron chi connectivity index (χ0n) is 17.5. The number of hydrogen-bond acceptors (Lipinski definition) is 3. The topological polar surface area (TPSA) is 58.6 Å². The first-order valence-electron chi connectivity index (χ1n) is 9.83. The van der Waals surface area contributed by atoms with Crippen LogP contribution >= 0.6 is 11.6 Å². The Morgan fingerprint density at radius 2 is 1.93 bits per heavy atom. The number of rotatable bonds is 9. The van der Waals surface area contributed by atoms with Crippen molar-refractivity contribution in [2.75, 3.05) is 13.2 Å². The number of aryl methyl sites for hydroxylation is 2. The van der Waals surface area contributed by atoms with Crippen molar-refractivity contribution in [3.8, 4) is 5.75 Å². The highest BCUT2D eigenvalue weighted by Crippen LogP contribution is 2.21. The van der Waals surface area contributed by atoms with E-state index in [0.29, 0.717) is 23.9 Å². The van der Waals surface area contributed by atoms with E-state index in [4.69, 9.17) is 16.3 Å². The fourth-order valence-corrected chi connectivity index (χ4v) is 3.04. The molecular weight excluding hydrogens is 388 g/mol. The van der Waals surface area contributed by atoms with Crippen LogP contribution in [0.3, 0.4) is 0 Å². The number of nitrogens with one attached hydrogen (secondary N) is 1. The van der Waals surface area contributed by atoms with E-state index in [1.165, 1.54) is 0 Å². The number of halogens is 1. The summed E-state index contributed by atoms with van der Waals surface area (Å²) in [4.78, 5) is 27.0. The number of benzene rings is 2. The summed E-state index contributed by atoms with van der Waals surface area (Å²) < 4.78 is 5.68. The summed E-state index contributed by atoms with van der Waals surface area (Å²) in [7, 11) is 0. The SMILES string of the molecule is CCCNC(=O)[C@@H](C)N(Cc1cccc(C)c1)C(=O)COc1ccc(Cl)c(C)c1. The monoisotopic (exact) mass is 416 g/mol. The van der Waals surface area contributed by atoms with Crippen LogP contribution in [0.15, 0.2) is 42.5 Å². The quantitative estimate of drug-likeness (QED) is 0.663. The van der Waals surface area contributed by atoms with Crippen LogP contribution in [0.1, 0.15) is 37.0 Å². The van der Waals surface area contributed by atoms with Crippen molar-refractivity contribution in [1.29, 1.82) is 0 Å². The van der Waals surface area contributed by atoms with Gasteiger partial charge in [-0.1, -0.05) is 48.4 Å². The number of amides is 2. The molecular formula is C23H29ClN2O3. The summed E-state index contributed by atoms with van der Waals surface area (Å²) in [5, 5.41) is 3.51. The fraction of sp³-hybridized carbons (Fsp3) is 0.391. The van der Waals surface area contributed by atoms with Crippen LogP contribution in [0.5, 0.6) is 5.75 Å². The van der Waals surface area contributed by atoms with Crippen molar-refractivity contribution < 1.29 is 14.3 Å². The molecule has 6 heteroatoms. The molecule has 0 aliphatic carbocycles. The molecule has 0 spiro atoms. The molecule has 156 valence electrons. The zero-order chi connectivity index (χ0) is 21.4. The van der Waals surface area contributed by atoms with Gasteiger partial charge in [-0.2, -0.15) is 0 Å². The van der Waals surface area contributed by atoms with Gasteiger partial charge in [-0.15, -0.1) is 0 Å². The van der Waals surface area contributed by atoms with E-state index in [1.807, 2.05) is 45.0 Å². The third kappa shape index (κ3) is 6.79. The van der Waals surface area contributed by atoms with Crippen molar-refractivity contribution in [3.05, 3.63) is 64.2 Å². The molecule has 2 aromatic rings. The minimum absolute atomic E-state index is 0.154. The Labute approximate surface area is 178 Å². The molecule has 0 saturated carbocycles. The Morgan fingerprint density at radius 3 is 2.59 bits per heavy atom. The van der Waals surface area contributed by atoms with Gasteiger partial charge in [0.2, 0.25) is 5.91 Å².